The molecule has 0 aliphatic rings. The Bertz CT molecular complexity index is 802. The van der Waals surface area contributed by atoms with Gasteiger partial charge in [-0.05, 0) is 0 Å². The molecular weight excluding hydrogens is 580 g/mol. The fraction of sp³-hybridized carbons (Fsp3) is 0.700. The number of carbonyl (C=O) groups is 6. The molecule has 0 aromatic rings. The van der Waals surface area contributed by atoms with Crippen LogP contribution in [0, 0.1) is 0 Å². The lowest BCUT2D eigenvalue weighted by Gasteiger charge is -2.25. The molecule has 4 amide bonds. The average molecular weight is 617 g/mol. The minimum atomic E-state index is -2.26. The molecule has 0 saturated heterocycles. The summed E-state index contributed by atoms with van der Waals surface area (Å²) in [5.41, 5.74) is 10.6. The summed E-state index contributed by atoms with van der Waals surface area (Å²) in [6.07, 6.45) is -9.02. The molecule has 18 nitrogen and oxygen atoms in total. The van der Waals surface area contributed by atoms with Gasteiger partial charge in [0.2, 0.25) is 11.8 Å². The maximum absolute atomic E-state index is 12.0. The summed E-state index contributed by atoms with van der Waals surface area (Å²) in [7, 11) is 0. The molecule has 0 aliphatic heterocycles. The van der Waals surface area contributed by atoms with E-state index in [1.807, 2.05) is 0 Å². The molecule has 230 valence electrons. The molecule has 20 heteroatoms. The molecule has 0 aliphatic carbocycles. The van der Waals surface area contributed by atoms with E-state index in [0.717, 1.165) is 23.5 Å². The van der Waals surface area contributed by atoms with Gasteiger partial charge in [0, 0.05) is 37.7 Å². The molecule has 40 heavy (non-hydrogen) atoms. The van der Waals surface area contributed by atoms with Crippen LogP contribution in [0.3, 0.4) is 0 Å². The lowest BCUT2D eigenvalue weighted by atomic mass is 10.0. The Labute approximate surface area is 237 Å². The van der Waals surface area contributed by atoms with Gasteiger partial charge in [0.25, 0.3) is 11.8 Å². The van der Waals surface area contributed by atoms with E-state index in [4.69, 9.17) is 21.7 Å². The Hall–Kier alpha value is -2.72. The Kier molecular flexibility index (Phi) is 18.8. The fourth-order valence-corrected chi connectivity index (χ4v) is 4.07. The number of carboxylic acid groups (broad SMARTS) is 2. The van der Waals surface area contributed by atoms with Crippen molar-refractivity contribution in [3.8, 4) is 0 Å². The second-order valence-electron chi connectivity index (χ2n) is 8.07. The second kappa shape index (κ2) is 20.2. The number of thioether (sulfide) groups is 2. The quantitative estimate of drug-likeness (QED) is 0.0533. The number of hydrogen-bond acceptors (Lipinski definition) is 14. The van der Waals surface area contributed by atoms with Gasteiger partial charge in [0.05, 0.1) is 11.5 Å². The second-order valence-corrected chi connectivity index (χ2v) is 10.1. The zero-order chi connectivity index (χ0) is 30.8. The molecule has 0 heterocycles. The third-order valence-electron chi connectivity index (χ3n) is 4.72. The van der Waals surface area contributed by atoms with Gasteiger partial charge in [-0.2, -0.15) is 0 Å². The van der Waals surface area contributed by atoms with Gasteiger partial charge in [-0.3, -0.25) is 28.8 Å². The van der Waals surface area contributed by atoms with Gasteiger partial charge in [-0.1, -0.05) is 0 Å². The van der Waals surface area contributed by atoms with Crippen LogP contribution in [0.5, 0.6) is 0 Å². The number of aliphatic carboxylic acids is 2. The van der Waals surface area contributed by atoms with Crippen LogP contribution in [-0.4, -0.2) is 152 Å². The van der Waals surface area contributed by atoms with E-state index in [1.54, 1.807) is 0 Å². The molecule has 0 bridgehead atoms. The molecule has 0 saturated carbocycles. The van der Waals surface area contributed by atoms with Crippen LogP contribution < -0.4 is 32.7 Å². The Balaban J connectivity index is 4.25. The van der Waals surface area contributed by atoms with E-state index in [0.29, 0.717) is 0 Å². The maximum atomic E-state index is 12.0. The number of nitrogens with two attached hydrogens (primary N) is 2. The van der Waals surface area contributed by atoms with Gasteiger partial charge in [-0.15, -0.1) is 23.5 Å². The Morgan fingerprint density at radius 3 is 1.18 bits per heavy atom. The summed E-state index contributed by atoms with van der Waals surface area (Å²) < 4.78 is 0. The summed E-state index contributed by atoms with van der Waals surface area (Å²) in [4.78, 5) is 68.5. The molecule has 6 atom stereocenters. The highest BCUT2D eigenvalue weighted by molar-refractivity contribution is 8.00. The molecule has 6 unspecified atom stereocenters. The van der Waals surface area contributed by atoms with E-state index in [9.17, 15) is 49.2 Å². The maximum Gasteiger partial charge on any atom is 0.321 e. The minimum Gasteiger partial charge on any atom is -0.480 e. The normalized spacial score (nSPS) is 15.4. The van der Waals surface area contributed by atoms with Crippen molar-refractivity contribution in [3.05, 3.63) is 0 Å². The van der Waals surface area contributed by atoms with Crippen molar-refractivity contribution in [1.29, 1.82) is 0 Å². The smallest absolute Gasteiger partial charge is 0.321 e. The number of carboxylic acids is 2. The van der Waals surface area contributed by atoms with Gasteiger partial charge in [0.1, 0.15) is 24.3 Å². The topological polar surface area (TPSA) is 324 Å². The van der Waals surface area contributed by atoms with E-state index < -0.39 is 72.1 Å². The van der Waals surface area contributed by atoms with Gasteiger partial charge >= 0.3 is 11.9 Å². The summed E-state index contributed by atoms with van der Waals surface area (Å²) in [5.74, 6) is -5.83. The first-order chi connectivity index (χ1) is 18.7. The van der Waals surface area contributed by atoms with Crippen LogP contribution in [-0.2, 0) is 28.8 Å². The number of nitrogens with one attached hydrogen (secondary N) is 4. The molecular formula is C20H36N6O12S2. The van der Waals surface area contributed by atoms with Crippen LogP contribution in [0.2, 0.25) is 0 Å². The summed E-state index contributed by atoms with van der Waals surface area (Å²) >= 11 is 1.98. The van der Waals surface area contributed by atoms with Crippen LogP contribution in [0.15, 0.2) is 0 Å². The molecule has 0 aromatic carbocycles. The van der Waals surface area contributed by atoms with Crippen molar-refractivity contribution < 1.29 is 59.4 Å². The van der Waals surface area contributed by atoms with E-state index in [-0.39, 0.29) is 49.2 Å². The average Bonchev–Trinajstić information content (AvgIpc) is 2.90. The highest BCUT2D eigenvalue weighted by Gasteiger charge is 2.37. The minimum absolute atomic E-state index is 0.0130. The van der Waals surface area contributed by atoms with Gasteiger partial charge in [0.15, 0.2) is 12.2 Å². The van der Waals surface area contributed by atoms with Crippen molar-refractivity contribution in [2.24, 2.45) is 11.5 Å². The molecule has 14 N–H and O–H groups in total. The van der Waals surface area contributed by atoms with E-state index >= 15 is 0 Å². The van der Waals surface area contributed by atoms with Crippen molar-refractivity contribution in [3.63, 3.8) is 0 Å². The first-order valence-electron chi connectivity index (χ1n) is 11.6. The van der Waals surface area contributed by atoms with Crippen LogP contribution in [0.4, 0.5) is 0 Å². The van der Waals surface area contributed by atoms with Crippen molar-refractivity contribution >= 4 is 59.1 Å². The van der Waals surface area contributed by atoms with E-state index in [1.165, 1.54) is 0 Å². The van der Waals surface area contributed by atoms with Crippen molar-refractivity contribution in [1.82, 2.24) is 21.3 Å². The van der Waals surface area contributed by atoms with E-state index in [2.05, 4.69) is 21.3 Å². The standard InChI is InChI=1S/C20H36N6O12S2/c21-9(19(35)36)5-39-7-11(27)23-1-3-25-17(33)15(31)13(29)14(30)16(32)18(34)26-4-2-24-12(28)8-40-6-10(22)20(37)38/h9-10,13-16,29-32H,1-8,21-22H2,(H,23,27)(H,24,28)(H,25,33)(H,26,34)(H,35,36)(H,37,38). The monoisotopic (exact) mass is 616 g/mol. The summed E-state index contributed by atoms with van der Waals surface area (Å²) in [6, 6.07) is -2.24. The number of rotatable bonds is 21. The van der Waals surface area contributed by atoms with Crippen molar-refractivity contribution in [2.45, 2.75) is 36.5 Å². The highest BCUT2D eigenvalue weighted by atomic mass is 32.2. The number of amides is 4. The summed E-state index contributed by atoms with van der Waals surface area (Å²) in [5, 5.41) is 66.3. The largest absolute Gasteiger partial charge is 0.480 e. The SMILES string of the molecule is NC(CSCC(=O)NCCNC(=O)C(O)C(O)C(O)C(O)C(=O)NCCNC(=O)CSCC(N)C(=O)O)C(=O)O. The zero-order valence-electron chi connectivity index (χ0n) is 21.2. The van der Waals surface area contributed by atoms with Gasteiger partial charge < -0.3 is 63.4 Å². The van der Waals surface area contributed by atoms with Crippen LogP contribution >= 0.6 is 23.5 Å². The molecule has 0 spiro atoms. The molecule has 0 fully saturated rings. The molecule has 0 radical (unpaired) electrons. The third kappa shape index (κ3) is 15.8. The predicted molar refractivity (Wildman–Crippen MR) is 142 cm³/mol. The first kappa shape index (κ1) is 37.3. The number of hydrogen-bond donors (Lipinski definition) is 12. The van der Waals surface area contributed by atoms with Gasteiger partial charge in [-0.25, -0.2) is 0 Å². The Morgan fingerprint density at radius 2 is 0.875 bits per heavy atom. The molecule has 0 aromatic heterocycles. The number of aliphatic hydroxyl groups excluding tert-OH is 4. The lowest BCUT2D eigenvalue weighted by molar-refractivity contribution is -0.155. The lowest BCUT2D eigenvalue weighted by Crippen LogP contribution is -2.55. The zero-order valence-corrected chi connectivity index (χ0v) is 22.9. The highest BCUT2D eigenvalue weighted by Crippen LogP contribution is 2.06. The molecule has 0 rings (SSSR count). The first-order valence-corrected chi connectivity index (χ1v) is 13.9. The number of aliphatic hydroxyl groups is 4. The van der Waals surface area contributed by atoms with Crippen LogP contribution in [0.25, 0.3) is 0 Å². The number of carbonyl (C=O) groups excluding carboxylic acids is 4. The van der Waals surface area contributed by atoms with Crippen LogP contribution in [0.1, 0.15) is 0 Å². The van der Waals surface area contributed by atoms with Crippen molar-refractivity contribution in [2.75, 3.05) is 49.2 Å². The fourth-order valence-electron chi connectivity index (χ4n) is 2.47. The summed E-state index contributed by atoms with van der Waals surface area (Å²) in [6.45, 7) is -0.554. The Morgan fingerprint density at radius 1 is 0.575 bits per heavy atom. The predicted octanol–water partition coefficient (Wildman–Crippen LogP) is -6.82. The third-order valence-corrected chi connectivity index (χ3v) is 6.84.